The van der Waals surface area contributed by atoms with Gasteiger partial charge in [-0.3, -0.25) is 9.52 Å². The van der Waals surface area contributed by atoms with E-state index in [1.165, 1.54) is 23.8 Å². The quantitative estimate of drug-likeness (QED) is 0.314. The summed E-state index contributed by atoms with van der Waals surface area (Å²) in [5.74, 6) is 0.771. The standard InChI is InChI=1S/C37H50N4O6S/c1-25-10-14-31-27(19-25)8-6-16-37(31)23-41-21-29-11-13-30(29)33(46-4)9-5-7-26(2)22-48(44,40-36(43)38-17-18-45-3)39-35(42)28-12-15-34(47-24-37)32(41)20-28/h5,9-10,12,14-15,19-20,26,29-30,33H,6-8,11,13,16-18,21-24H2,1-4H3,(H2,38,39,40,42,43,44)/b9-5+/t26-,29-,30+,33-,37-,48-/m0/s1. The number of fused-ring (bicyclic) bond motifs is 4. The Morgan fingerprint density at radius 1 is 1.19 bits per heavy atom. The number of anilines is 1. The Morgan fingerprint density at radius 3 is 2.81 bits per heavy atom. The van der Waals surface area contributed by atoms with Crippen LogP contribution in [0, 0.1) is 24.7 Å². The van der Waals surface area contributed by atoms with E-state index in [9.17, 15) is 13.8 Å². The molecule has 0 unspecified atom stereocenters. The average molecular weight is 679 g/mol. The van der Waals surface area contributed by atoms with Crippen molar-refractivity contribution in [1.29, 1.82) is 0 Å². The van der Waals surface area contributed by atoms with Crippen LogP contribution in [0.3, 0.4) is 0 Å². The molecule has 1 fully saturated rings. The Balaban J connectivity index is 1.41. The first-order valence-corrected chi connectivity index (χ1v) is 19.0. The van der Waals surface area contributed by atoms with Gasteiger partial charge in [0, 0.05) is 44.8 Å². The van der Waals surface area contributed by atoms with Crippen molar-refractivity contribution in [2.24, 2.45) is 22.1 Å². The summed E-state index contributed by atoms with van der Waals surface area (Å²) in [5.41, 5.74) is 4.99. The number of hydrogen-bond donors (Lipinski definition) is 2. The number of aryl methyl sites for hydroxylation is 2. The number of carbonyl (C=O) groups excluding carboxylic acids is 2. The van der Waals surface area contributed by atoms with Crippen LogP contribution < -0.4 is 19.7 Å². The van der Waals surface area contributed by atoms with Crippen molar-refractivity contribution in [3.05, 3.63) is 70.8 Å². The Morgan fingerprint density at radius 2 is 2.04 bits per heavy atom. The maximum Gasteiger partial charge on any atom is 0.327 e. The zero-order valence-corrected chi connectivity index (χ0v) is 29.5. The van der Waals surface area contributed by atoms with Gasteiger partial charge in [0.2, 0.25) is 0 Å². The number of ether oxygens (including phenoxy) is 3. The molecule has 1 saturated carbocycles. The fraction of sp³-hybridized carbons (Fsp3) is 0.568. The molecule has 6 atom stereocenters. The number of allylic oxidation sites excluding steroid dienone is 1. The van der Waals surface area contributed by atoms with Gasteiger partial charge in [0.15, 0.2) is 0 Å². The van der Waals surface area contributed by atoms with Crippen LogP contribution in [0.5, 0.6) is 5.75 Å². The number of amides is 3. The van der Waals surface area contributed by atoms with E-state index >= 15 is 0 Å². The van der Waals surface area contributed by atoms with Crippen LogP contribution >= 0.6 is 0 Å². The molecule has 2 N–H and O–H groups in total. The lowest BCUT2D eigenvalue weighted by Gasteiger charge is -2.46. The molecule has 0 aromatic heterocycles. The van der Waals surface area contributed by atoms with E-state index in [4.69, 9.17) is 14.2 Å². The normalized spacial score (nSPS) is 30.8. The SMILES string of the molecule is COCCNC(=O)N[S@@]1(=O)=NC(=O)c2ccc3c(c2)N(C[C@@H]2CC[C@H]2[C@@H](OC)/C=C/C[C@H](C)C1)C[C@@]1(CCCc2cc(C)ccc21)CO3. The molecule has 0 radical (unpaired) electrons. The van der Waals surface area contributed by atoms with Gasteiger partial charge in [0.1, 0.15) is 15.7 Å². The lowest BCUT2D eigenvalue weighted by Crippen LogP contribution is -2.49. The van der Waals surface area contributed by atoms with E-state index in [0.717, 1.165) is 56.6 Å². The minimum Gasteiger partial charge on any atom is -0.490 e. The van der Waals surface area contributed by atoms with Crippen LogP contribution in [0.25, 0.3) is 0 Å². The third-order valence-corrected chi connectivity index (χ3v) is 12.5. The molecule has 2 aliphatic heterocycles. The highest BCUT2D eigenvalue weighted by atomic mass is 32.2. The van der Waals surface area contributed by atoms with Gasteiger partial charge in [-0.1, -0.05) is 42.8 Å². The second-order valence-corrected chi connectivity index (χ2v) is 16.2. The van der Waals surface area contributed by atoms with Crippen molar-refractivity contribution >= 4 is 27.5 Å². The van der Waals surface area contributed by atoms with Gasteiger partial charge in [-0.2, -0.15) is 0 Å². The van der Waals surface area contributed by atoms with Crippen LogP contribution in [-0.4, -0.2) is 75.1 Å². The van der Waals surface area contributed by atoms with E-state index in [1.807, 2.05) is 19.1 Å². The minimum atomic E-state index is -3.47. The van der Waals surface area contributed by atoms with Crippen molar-refractivity contribution in [3.8, 4) is 5.75 Å². The molecule has 2 heterocycles. The fourth-order valence-electron chi connectivity index (χ4n) is 7.98. The molecule has 2 aromatic rings. The second-order valence-electron chi connectivity index (χ2n) is 14.2. The number of rotatable bonds is 5. The number of benzene rings is 2. The first-order valence-electron chi connectivity index (χ1n) is 17.3. The van der Waals surface area contributed by atoms with Crippen molar-refractivity contribution in [1.82, 2.24) is 10.0 Å². The lowest BCUT2D eigenvalue weighted by molar-refractivity contribution is 0.0131. The van der Waals surface area contributed by atoms with Gasteiger partial charge >= 0.3 is 6.03 Å². The molecule has 260 valence electrons. The molecule has 0 saturated heterocycles. The predicted octanol–water partition coefficient (Wildman–Crippen LogP) is 5.57. The van der Waals surface area contributed by atoms with Gasteiger partial charge in [-0.25, -0.2) is 9.00 Å². The Labute approximate surface area is 285 Å². The summed E-state index contributed by atoms with van der Waals surface area (Å²) in [6, 6.07) is 11.5. The van der Waals surface area contributed by atoms with Gasteiger partial charge < -0.3 is 24.4 Å². The number of hydrogen-bond acceptors (Lipinski definition) is 7. The summed E-state index contributed by atoms with van der Waals surface area (Å²) in [4.78, 5) is 29.0. The Hall–Kier alpha value is -3.41. The summed E-state index contributed by atoms with van der Waals surface area (Å²) < 4.78 is 38.7. The number of carbonyl (C=O) groups is 2. The summed E-state index contributed by atoms with van der Waals surface area (Å²) in [7, 11) is -0.163. The first-order chi connectivity index (χ1) is 23.1. The lowest BCUT2D eigenvalue weighted by atomic mass is 9.68. The average Bonchev–Trinajstić information content (AvgIpc) is 3.18. The van der Waals surface area contributed by atoms with E-state index in [2.05, 4.69) is 56.6 Å². The number of methoxy groups -OCH3 is 2. The molecule has 10 nitrogen and oxygen atoms in total. The zero-order chi connectivity index (χ0) is 33.9. The highest BCUT2D eigenvalue weighted by Crippen LogP contribution is 2.46. The van der Waals surface area contributed by atoms with Crippen molar-refractivity contribution < 1.29 is 28.0 Å². The summed E-state index contributed by atoms with van der Waals surface area (Å²) in [6.45, 7) is 6.75. The third kappa shape index (κ3) is 7.43. The molecule has 11 heteroatoms. The number of nitrogens with zero attached hydrogens (tertiary/aromatic N) is 2. The molecule has 6 rings (SSSR count). The van der Waals surface area contributed by atoms with E-state index < -0.39 is 21.9 Å². The maximum absolute atomic E-state index is 14.2. The van der Waals surface area contributed by atoms with Gasteiger partial charge in [-0.15, -0.1) is 4.36 Å². The van der Waals surface area contributed by atoms with E-state index in [-0.39, 0.29) is 29.7 Å². The highest BCUT2D eigenvalue weighted by Gasteiger charge is 2.44. The van der Waals surface area contributed by atoms with Crippen LogP contribution in [0.2, 0.25) is 0 Å². The second kappa shape index (κ2) is 14.6. The molecule has 48 heavy (non-hydrogen) atoms. The van der Waals surface area contributed by atoms with Gasteiger partial charge in [0.25, 0.3) is 5.91 Å². The van der Waals surface area contributed by atoms with Gasteiger partial charge in [-0.05, 0) is 92.5 Å². The summed E-state index contributed by atoms with van der Waals surface area (Å²) in [6.07, 6.45) is 10.1. The molecular formula is C37H50N4O6S. The zero-order valence-electron chi connectivity index (χ0n) is 28.7. The van der Waals surface area contributed by atoms with E-state index in [0.29, 0.717) is 37.0 Å². The summed E-state index contributed by atoms with van der Waals surface area (Å²) >= 11 is 0. The van der Waals surface area contributed by atoms with Crippen LogP contribution in [0.4, 0.5) is 10.5 Å². The van der Waals surface area contributed by atoms with Gasteiger partial charge in [0.05, 0.1) is 30.8 Å². The van der Waals surface area contributed by atoms with Crippen LogP contribution in [-0.2, 0) is 31.2 Å². The monoisotopic (exact) mass is 678 g/mol. The molecule has 2 bridgehead atoms. The van der Waals surface area contributed by atoms with Crippen LogP contribution in [0.1, 0.15) is 66.1 Å². The van der Waals surface area contributed by atoms with E-state index in [1.54, 1.807) is 13.2 Å². The molecule has 3 amide bonds. The maximum atomic E-state index is 14.2. The van der Waals surface area contributed by atoms with Crippen molar-refractivity contribution in [3.63, 3.8) is 0 Å². The third-order valence-electron chi connectivity index (χ3n) is 10.6. The molecule has 2 aromatic carbocycles. The molecule has 1 spiro atoms. The fourth-order valence-corrected chi connectivity index (χ4v) is 9.82. The highest BCUT2D eigenvalue weighted by molar-refractivity contribution is 7.92. The predicted molar refractivity (Wildman–Crippen MR) is 188 cm³/mol. The largest absolute Gasteiger partial charge is 0.490 e. The molecule has 4 aliphatic rings. The smallest absolute Gasteiger partial charge is 0.327 e. The van der Waals surface area contributed by atoms with Crippen molar-refractivity contribution in [2.45, 2.75) is 63.9 Å². The first kappa shape index (κ1) is 34.5. The van der Waals surface area contributed by atoms with Crippen LogP contribution in [0.15, 0.2) is 52.9 Å². The minimum absolute atomic E-state index is 0.0199. The Kier molecular flexibility index (Phi) is 10.5. The topological polar surface area (TPSA) is 119 Å². The molecular weight excluding hydrogens is 628 g/mol. The summed E-state index contributed by atoms with van der Waals surface area (Å²) in [5, 5.41) is 2.63. The molecule has 2 aliphatic carbocycles. The number of urea groups is 1. The Bertz CT molecular complexity index is 1670. The number of nitrogens with one attached hydrogen (secondary N) is 2. The van der Waals surface area contributed by atoms with Crippen molar-refractivity contribution in [2.75, 3.05) is 57.7 Å².